The molecule has 0 bridgehead atoms. The summed E-state index contributed by atoms with van der Waals surface area (Å²) in [6, 6.07) is 12.9. The number of fused-ring (bicyclic) bond motifs is 1. The van der Waals surface area contributed by atoms with Gasteiger partial charge in [0.05, 0.1) is 0 Å². The molecule has 0 saturated carbocycles. The Hall–Kier alpha value is -2.87. The first kappa shape index (κ1) is 14.1. The molecule has 22 heavy (non-hydrogen) atoms. The number of halogens is 1. The van der Waals surface area contributed by atoms with Crippen LogP contribution in [0.5, 0.6) is 0 Å². The Morgan fingerprint density at radius 3 is 2.86 bits per heavy atom. The number of nitrogens with zero attached hydrogens (tertiary/aromatic N) is 4. The van der Waals surface area contributed by atoms with Crippen LogP contribution in [-0.2, 0) is 6.54 Å². The van der Waals surface area contributed by atoms with Crippen molar-refractivity contribution < 1.29 is 4.39 Å². The van der Waals surface area contributed by atoms with Gasteiger partial charge >= 0.3 is 0 Å². The fourth-order valence-corrected chi connectivity index (χ4v) is 2.44. The van der Waals surface area contributed by atoms with Crippen molar-refractivity contribution in [2.45, 2.75) is 13.5 Å². The van der Waals surface area contributed by atoms with E-state index in [1.54, 1.807) is 17.4 Å². The second kappa shape index (κ2) is 5.49. The van der Waals surface area contributed by atoms with Crippen LogP contribution in [0.1, 0.15) is 16.8 Å². The zero-order valence-electron chi connectivity index (χ0n) is 12.4. The van der Waals surface area contributed by atoms with Crippen molar-refractivity contribution in [3.05, 3.63) is 65.2 Å². The highest BCUT2D eigenvalue weighted by atomic mass is 19.1. The van der Waals surface area contributed by atoms with Gasteiger partial charge in [0, 0.05) is 19.8 Å². The van der Waals surface area contributed by atoms with Gasteiger partial charge in [-0.15, -0.1) is 0 Å². The number of aryl methyl sites for hydroxylation is 1. The van der Waals surface area contributed by atoms with Gasteiger partial charge in [0.1, 0.15) is 17.5 Å². The molecule has 110 valence electrons. The minimum absolute atomic E-state index is 0.221. The number of hydrogen-bond donors (Lipinski definition) is 0. The van der Waals surface area contributed by atoms with E-state index >= 15 is 0 Å². The van der Waals surface area contributed by atoms with E-state index in [2.05, 4.69) is 11.1 Å². The number of benzene rings is 1. The molecule has 2 aromatic heterocycles. The Kier molecular flexibility index (Phi) is 3.51. The number of anilines is 1. The molecule has 0 radical (unpaired) electrons. The van der Waals surface area contributed by atoms with Crippen LogP contribution < -0.4 is 4.90 Å². The predicted octanol–water partition coefficient (Wildman–Crippen LogP) is 3.29. The monoisotopic (exact) mass is 294 g/mol. The molecule has 0 amide bonds. The number of rotatable bonds is 3. The number of nitriles is 1. The van der Waals surface area contributed by atoms with Gasteiger partial charge in [-0.25, -0.2) is 9.37 Å². The average Bonchev–Trinajstić information content (AvgIpc) is 2.89. The van der Waals surface area contributed by atoms with Crippen LogP contribution in [-0.4, -0.2) is 16.4 Å². The molecule has 3 aromatic rings. The highest BCUT2D eigenvalue weighted by Crippen LogP contribution is 2.22. The van der Waals surface area contributed by atoms with E-state index in [1.165, 1.54) is 6.07 Å². The van der Waals surface area contributed by atoms with Crippen molar-refractivity contribution in [1.82, 2.24) is 9.38 Å². The maximum Gasteiger partial charge on any atom is 0.169 e. The second-order valence-corrected chi connectivity index (χ2v) is 5.26. The molecule has 5 heteroatoms. The van der Waals surface area contributed by atoms with E-state index in [-0.39, 0.29) is 5.82 Å². The van der Waals surface area contributed by atoms with Crippen LogP contribution in [0, 0.1) is 24.1 Å². The zero-order chi connectivity index (χ0) is 15.7. The minimum atomic E-state index is -0.221. The fraction of sp³-hybridized carbons (Fsp3) is 0.176. The summed E-state index contributed by atoms with van der Waals surface area (Å²) in [6.45, 7) is 2.22. The summed E-state index contributed by atoms with van der Waals surface area (Å²) in [5, 5.41) is 9.40. The molecular formula is C17H15FN4. The largest absolute Gasteiger partial charge is 0.353 e. The summed E-state index contributed by atoms with van der Waals surface area (Å²) >= 11 is 0. The SMILES string of the molecule is Cc1ccc(CN(C)c2nc3ccccn3c2C#N)cc1F. The van der Waals surface area contributed by atoms with E-state index in [0.29, 0.717) is 23.6 Å². The first-order valence-electron chi connectivity index (χ1n) is 6.93. The van der Waals surface area contributed by atoms with Gasteiger partial charge in [-0.1, -0.05) is 18.2 Å². The standard InChI is InChI=1S/C17H15FN4/c1-12-6-7-13(9-14(12)18)11-21(2)17-15(10-19)22-8-4-3-5-16(22)20-17/h3-9H,11H2,1-2H3. The minimum Gasteiger partial charge on any atom is -0.353 e. The van der Waals surface area contributed by atoms with Crippen LogP contribution in [0.3, 0.4) is 0 Å². The van der Waals surface area contributed by atoms with E-state index in [9.17, 15) is 9.65 Å². The normalized spacial score (nSPS) is 10.6. The Morgan fingerprint density at radius 2 is 2.14 bits per heavy atom. The van der Waals surface area contributed by atoms with Gasteiger partial charge in [0.2, 0.25) is 0 Å². The molecule has 0 unspecified atom stereocenters. The van der Waals surface area contributed by atoms with Crippen LogP contribution >= 0.6 is 0 Å². The fourth-order valence-electron chi connectivity index (χ4n) is 2.44. The van der Waals surface area contributed by atoms with Gasteiger partial charge in [-0.2, -0.15) is 5.26 Å². The van der Waals surface area contributed by atoms with Crippen LogP contribution in [0.4, 0.5) is 10.2 Å². The van der Waals surface area contributed by atoms with Gasteiger partial charge in [-0.3, -0.25) is 4.40 Å². The molecule has 0 aliphatic heterocycles. The first-order valence-corrected chi connectivity index (χ1v) is 6.93. The molecular weight excluding hydrogens is 279 g/mol. The zero-order valence-corrected chi connectivity index (χ0v) is 12.4. The molecule has 3 rings (SSSR count). The lowest BCUT2D eigenvalue weighted by atomic mass is 10.1. The average molecular weight is 294 g/mol. The predicted molar refractivity (Wildman–Crippen MR) is 83.2 cm³/mol. The number of aromatic nitrogens is 2. The van der Waals surface area contributed by atoms with Crippen LogP contribution in [0.2, 0.25) is 0 Å². The molecule has 0 aliphatic carbocycles. The highest BCUT2D eigenvalue weighted by molar-refractivity contribution is 5.60. The summed E-state index contributed by atoms with van der Waals surface area (Å²) in [5.41, 5.74) is 2.66. The Balaban J connectivity index is 1.96. The van der Waals surface area contributed by atoms with E-state index in [1.807, 2.05) is 42.4 Å². The molecule has 4 nitrogen and oxygen atoms in total. The quantitative estimate of drug-likeness (QED) is 0.744. The molecule has 0 fully saturated rings. The lowest BCUT2D eigenvalue weighted by molar-refractivity contribution is 0.615. The third kappa shape index (κ3) is 2.40. The lowest BCUT2D eigenvalue weighted by Gasteiger charge is -2.17. The van der Waals surface area contributed by atoms with Crippen LogP contribution in [0.15, 0.2) is 42.6 Å². The molecule has 0 saturated heterocycles. The summed E-state index contributed by atoms with van der Waals surface area (Å²) in [6.07, 6.45) is 1.81. The summed E-state index contributed by atoms with van der Waals surface area (Å²) in [7, 11) is 1.85. The van der Waals surface area contributed by atoms with Gasteiger partial charge in [0.15, 0.2) is 11.5 Å². The highest BCUT2D eigenvalue weighted by Gasteiger charge is 2.15. The topological polar surface area (TPSA) is 44.3 Å². The van der Waals surface area contributed by atoms with Crippen molar-refractivity contribution in [2.24, 2.45) is 0 Å². The first-order chi connectivity index (χ1) is 10.6. The van der Waals surface area contributed by atoms with Crippen LogP contribution in [0.25, 0.3) is 5.65 Å². The third-order valence-corrected chi connectivity index (χ3v) is 3.63. The number of imidazole rings is 1. The van der Waals surface area contributed by atoms with Crippen molar-refractivity contribution in [2.75, 3.05) is 11.9 Å². The molecule has 2 heterocycles. The van der Waals surface area contributed by atoms with Gasteiger partial charge < -0.3 is 4.90 Å². The maximum atomic E-state index is 13.7. The van der Waals surface area contributed by atoms with Crippen molar-refractivity contribution in [1.29, 1.82) is 5.26 Å². The number of hydrogen-bond acceptors (Lipinski definition) is 3. The molecule has 0 atom stereocenters. The van der Waals surface area contributed by atoms with E-state index in [0.717, 1.165) is 11.2 Å². The summed E-state index contributed by atoms with van der Waals surface area (Å²) in [5.74, 6) is 0.371. The smallest absolute Gasteiger partial charge is 0.169 e. The molecule has 0 N–H and O–H groups in total. The Bertz CT molecular complexity index is 876. The maximum absolute atomic E-state index is 13.7. The van der Waals surface area contributed by atoms with Crippen molar-refractivity contribution in [3.8, 4) is 6.07 Å². The van der Waals surface area contributed by atoms with E-state index in [4.69, 9.17) is 0 Å². The third-order valence-electron chi connectivity index (χ3n) is 3.63. The van der Waals surface area contributed by atoms with Gasteiger partial charge in [0.25, 0.3) is 0 Å². The summed E-state index contributed by atoms with van der Waals surface area (Å²) in [4.78, 5) is 6.35. The van der Waals surface area contributed by atoms with Gasteiger partial charge in [-0.05, 0) is 36.2 Å². The van der Waals surface area contributed by atoms with Crippen molar-refractivity contribution >= 4 is 11.5 Å². The number of pyridine rings is 1. The summed E-state index contributed by atoms with van der Waals surface area (Å²) < 4.78 is 15.4. The van der Waals surface area contributed by atoms with Crippen molar-refractivity contribution in [3.63, 3.8) is 0 Å². The second-order valence-electron chi connectivity index (χ2n) is 5.26. The molecule has 0 aliphatic rings. The van der Waals surface area contributed by atoms with E-state index < -0.39 is 0 Å². The Labute approximate surface area is 128 Å². The lowest BCUT2D eigenvalue weighted by Crippen LogP contribution is -2.18. The Morgan fingerprint density at radius 1 is 1.32 bits per heavy atom. The molecule has 1 aromatic carbocycles. The molecule has 0 spiro atoms.